The summed E-state index contributed by atoms with van der Waals surface area (Å²) in [7, 11) is 0. The highest BCUT2D eigenvalue weighted by atomic mass is 16.5. The standard InChI is InChI=1S/C15H14N2O4/c1-2-20-15(18)14-7-13(21-17-14)10-19-9-12-5-3-4-11(6-12)8-16/h3-7H,2,9-10H2,1H3. The minimum Gasteiger partial charge on any atom is -0.461 e. The van der Waals surface area contributed by atoms with Gasteiger partial charge in [-0.2, -0.15) is 5.26 Å². The van der Waals surface area contributed by atoms with Gasteiger partial charge in [0, 0.05) is 6.07 Å². The second-order valence-corrected chi connectivity index (χ2v) is 4.20. The van der Waals surface area contributed by atoms with Crippen molar-refractivity contribution in [1.29, 1.82) is 5.26 Å². The second-order valence-electron chi connectivity index (χ2n) is 4.20. The minimum atomic E-state index is -0.519. The summed E-state index contributed by atoms with van der Waals surface area (Å²) >= 11 is 0. The molecule has 2 rings (SSSR count). The molecule has 0 bridgehead atoms. The summed E-state index contributed by atoms with van der Waals surface area (Å²) < 4.78 is 15.3. The van der Waals surface area contributed by atoms with Gasteiger partial charge in [0.25, 0.3) is 0 Å². The third kappa shape index (κ3) is 4.16. The highest BCUT2D eigenvalue weighted by Gasteiger charge is 2.13. The molecule has 0 unspecified atom stereocenters. The average molecular weight is 286 g/mol. The van der Waals surface area contributed by atoms with Crippen molar-refractivity contribution in [3.05, 3.63) is 52.9 Å². The molecule has 0 saturated heterocycles. The molecular weight excluding hydrogens is 272 g/mol. The van der Waals surface area contributed by atoms with E-state index in [1.54, 1.807) is 25.1 Å². The highest BCUT2D eigenvalue weighted by Crippen LogP contribution is 2.10. The Hall–Kier alpha value is -2.65. The van der Waals surface area contributed by atoms with E-state index in [1.165, 1.54) is 6.07 Å². The molecule has 0 aliphatic carbocycles. The quantitative estimate of drug-likeness (QED) is 0.758. The summed E-state index contributed by atoms with van der Waals surface area (Å²) in [5, 5.41) is 12.4. The number of hydrogen-bond donors (Lipinski definition) is 0. The van der Waals surface area contributed by atoms with Crippen LogP contribution in [0.3, 0.4) is 0 Å². The molecule has 108 valence electrons. The molecule has 0 N–H and O–H groups in total. The molecule has 2 aromatic rings. The normalized spacial score (nSPS) is 10.1. The van der Waals surface area contributed by atoms with Gasteiger partial charge in [0.1, 0.15) is 6.61 Å². The number of ether oxygens (including phenoxy) is 2. The molecule has 0 fully saturated rings. The van der Waals surface area contributed by atoms with Gasteiger partial charge < -0.3 is 14.0 Å². The fourth-order valence-electron chi connectivity index (χ4n) is 1.68. The van der Waals surface area contributed by atoms with Crippen molar-refractivity contribution >= 4 is 5.97 Å². The maximum Gasteiger partial charge on any atom is 0.360 e. The van der Waals surface area contributed by atoms with E-state index in [9.17, 15) is 4.79 Å². The van der Waals surface area contributed by atoms with Gasteiger partial charge in [-0.15, -0.1) is 0 Å². The van der Waals surface area contributed by atoms with Crippen molar-refractivity contribution in [1.82, 2.24) is 5.16 Å². The van der Waals surface area contributed by atoms with Crippen molar-refractivity contribution in [3.63, 3.8) is 0 Å². The first-order valence-corrected chi connectivity index (χ1v) is 6.42. The van der Waals surface area contributed by atoms with Crippen LogP contribution in [0.25, 0.3) is 0 Å². The van der Waals surface area contributed by atoms with E-state index >= 15 is 0 Å². The minimum absolute atomic E-state index is 0.127. The average Bonchev–Trinajstić information content (AvgIpc) is 2.97. The lowest BCUT2D eigenvalue weighted by atomic mass is 10.1. The van der Waals surface area contributed by atoms with E-state index in [0.717, 1.165) is 5.56 Å². The predicted molar refractivity (Wildman–Crippen MR) is 72.1 cm³/mol. The lowest BCUT2D eigenvalue weighted by molar-refractivity contribution is 0.0513. The van der Waals surface area contributed by atoms with E-state index in [2.05, 4.69) is 11.2 Å². The third-order valence-corrected chi connectivity index (χ3v) is 2.61. The predicted octanol–water partition coefficient (Wildman–Crippen LogP) is 2.44. The zero-order valence-electron chi connectivity index (χ0n) is 11.5. The summed E-state index contributed by atoms with van der Waals surface area (Å²) in [5.41, 5.74) is 1.60. The number of nitrogens with zero attached hydrogens (tertiary/aromatic N) is 2. The molecular formula is C15H14N2O4. The van der Waals surface area contributed by atoms with E-state index in [0.29, 0.717) is 17.9 Å². The van der Waals surface area contributed by atoms with Gasteiger partial charge in [0.15, 0.2) is 11.5 Å². The van der Waals surface area contributed by atoms with Crippen LogP contribution in [0.1, 0.15) is 34.3 Å². The van der Waals surface area contributed by atoms with Gasteiger partial charge >= 0.3 is 5.97 Å². The third-order valence-electron chi connectivity index (χ3n) is 2.61. The van der Waals surface area contributed by atoms with Crippen molar-refractivity contribution in [3.8, 4) is 6.07 Å². The van der Waals surface area contributed by atoms with Gasteiger partial charge in [-0.25, -0.2) is 4.79 Å². The summed E-state index contributed by atoms with van der Waals surface area (Å²) in [5.74, 6) is -0.0799. The van der Waals surface area contributed by atoms with Crippen LogP contribution < -0.4 is 0 Å². The molecule has 1 heterocycles. The first-order chi connectivity index (χ1) is 10.2. The first-order valence-electron chi connectivity index (χ1n) is 6.42. The first kappa shape index (κ1) is 14.8. The van der Waals surface area contributed by atoms with Crippen LogP contribution in [0.5, 0.6) is 0 Å². The molecule has 1 aromatic heterocycles. The fraction of sp³-hybridized carbons (Fsp3) is 0.267. The van der Waals surface area contributed by atoms with Gasteiger partial charge in [0.05, 0.1) is 24.8 Å². The fourth-order valence-corrected chi connectivity index (χ4v) is 1.68. The van der Waals surface area contributed by atoms with Crippen molar-refractivity contribution in [2.45, 2.75) is 20.1 Å². The molecule has 1 aromatic carbocycles. The number of hydrogen-bond acceptors (Lipinski definition) is 6. The van der Waals surface area contributed by atoms with Crippen molar-refractivity contribution < 1.29 is 18.8 Å². The van der Waals surface area contributed by atoms with Crippen LogP contribution in [0.4, 0.5) is 0 Å². The Labute approximate surface area is 121 Å². The van der Waals surface area contributed by atoms with E-state index in [1.807, 2.05) is 6.07 Å². The van der Waals surface area contributed by atoms with Crippen LogP contribution in [0.15, 0.2) is 34.9 Å². The summed E-state index contributed by atoms with van der Waals surface area (Å²) in [6, 6.07) is 10.7. The molecule has 0 atom stereocenters. The Balaban J connectivity index is 1.86. The maximum absolute atomic E-state index is 11.4. The smallest absolute Gasteiger partial charge is 0.360 e. The topological polar surface area (TPSA) is 85.4 Å². The lowest BCUT2D eigenvalue weighted by Gasteiger charge is -2.02. The monoisotopic (exact) mass is 286 g/mol. The summed E-state index contributed by atoms with van der Waals surface area (Å²) in [6.45, 7) is 2.53. The number of carbonyl (C=O) groups is 1. The van der Waals surface area contributed by atoms with Crippen LogP contribution in [-0.2, 0) is 22.7 Å². The Morgan fingerprint density at radius 3 is 3.00 bits per heavy atom. The Morgan fingerprint density at radius 1 is 1.38 bits per heavy atom. The zero-order chi connectivity index (χ0) is 15.1. The largest absolute Gasteiger partial charge is 0.461 e. The Kier molecular flexibility index (Phi) is 5.07. The van der Waals surface area contributed by atoms with Crippen LogP contribution in [-0.4, -0.2) is 17.7 Å². The number of esters is 1. The summed E-state index contributed by atoms with van der Waals surface area (Å²) in [6.07, 6.45) is 0. The Bertz CT molecular complexity index is 658. The second kappa shape index (κ2) is 7.22. The molecule has 0 aliphatic heterocycles. The molecule has 0 radical (unpaired) electrons. The molecule has 21 heavy (non-hydrogen) atoms. The van der Waals surface area contributed by atoms with Gasteiger partial charge in [-0.1, -0.05) is 17.3 Å². The van der Waals surface area contributed by atoms with Gasteiger partial charge in [-0.3, -0.25) is 0 Å². The van der Waals surface area contributed by atoms with Crippen molar-refractivity contribution in [2.24, 2.45) is 0 Å². The number of carbonyl (C=O) groups excluding carboxylic acids is 1. The van der Waals surface area contributed by atoms with Gasteiger partial charge in [-0.05, 0) is 24.6 Å². The van der Waals surface area contributed by atoms with E-state index < -0.39 is 5.97 Å². The number of nitriles is 1. The molecule has 0 aliphatic rings. The lowest BCUT2D eigenvalue weighted by Crippen LogP contribution is -2.04. The van der Waals surface area contributed by atoms with Crippen LogP contribution >= 0.6 is 0 Å². The molecule has 0 spiro atoms. The number of rotatable bonds is 6. The molecule has 6 nitrogen and oxygen atoms in total. The van der Waals surface area contributed by atoms with Gasteiger partial charge in [0.2, 0.25) is 0 Å². The van der Waals surface area contributed by atoms with Crippen molar-refractivity contribution in [2.75, 3.05) is 6.61 Å². The molecule has 0 saturated carbocycles. The molecule has 0 amide bonds. The Morgan fingerprint density at radius 2 is 2.24 bits per heavy atom. The van der Waals surface area contributed by atoms with Crippen LogP contribution in [0, 0.1) is 11.3 Å². The van der Waals surface area contributed by atoms with Crippen LogP contribution in [0.2, 0.25) is 0 Å². The van der Waals surface area contributed by atoms with E-state index in [-0.39, 0.29) is 18.9 Å². The SMILES string of the molecule is CCOC(=O)c1cc(COCc2cccc(C#N)c2)on1. The highest BCUT2D eigenvalue weighted by molar-refractivity contribution is 5.87. The number of benzene rings is 1. The maximum atomic E-state index is 11.4. The summed E-state index contributed by atoms with van der Waals surface area (Å²) in [4.78, 5) is 11.4. The van der Waals surface area contributed by atoms with E-state index in [4.69, 9.17) is 19.3 Å². The zero-order valence-corrected chi connectivity index (χ0v) is 11.5. The molecule has 6 heteroatoms. The number of aromatic nitrogens is 1.